The summed E-state index contributed by atoms with van der Waals surface area (Å²) in [5, 5.41) is 3.55. The number of aryl methyl sites for hydroxylation is 1. The van der Waals surface area contributed by atoms with Crippen molar-refractivity contribution in [2.45, 2.75) is 57.9 Å². The lowest BCUT2D eigenvalue weighted by Gasteiger charge is -2.36. The lowest BCUT2D eigenvalue weighted by atomic mass is 9.75. The third-order valence-electron chi connectivity index (χ3n) is 4.92. The molecule has 0 amide bonds. The summed E-state index contributed by atoms with van der Waals surface area (Å²) in [7, 11) is 2.14. The molecule has 1 fully saturated rings. The molecule has 1 nitrogen and oxygen atoms in total. The molecule has 1 saturated carbocycles. The van der Waals surface area contributed by atoms with Gasteiger partial charge >= 0.3 is 0 Å². The maximum absolute atomic E-state index is 3.55. The van der Waals surface area contributed by atoms with Gasteiger partial charge < -0.3 is 5.32 Å². The summed E-state index contributed by atoms with van der Waals surface area (Å²) >= 11 is 0. The molecule has 0 heterocycles. The summed E-state index contributed by atoms with van der Waals surface area (Å²) in [5.41, 5.74) is 1.49. The van der Waals surface area contributed by atoms with E-state index in [1.807, 2.05) is 0 Å². The Balaban J connectivity index is 1.79. The number of hydrogen-bond donors (Lipinski definition) is 1. The second-order valence-corrected chi connectivity index (χ2v) is 6.12. The van der Waals surface area contributed by atoms with Crippen molar-refractivity contribution in [3.05, 3.63) is 35.9 Å². The first-order chi connectivity index (χ1) is 9.33. The number of nitrogens with one attached hydrogen (secondary N) is 1. The van der Waals surface area contributed by atoms with Crippen LogP contribution < -0.4 is 5.32 Å². The van der Waals surface area contributed by atoms with Gasteiger partial charge in [0.1, 0.15) is 0 Å². The maximum Gasteiger partial charge on any atom is 0.00925 e. The zero-order valence-corrected chi connectivity index (χ0v) is 12.6. The highest BCUT2D eigenvalue weighted by atomic mass is 14.9. The van der Waals surface area contributed by atoms with Crippen molar-refractivity contribution >= 4 is 0 Å². The normalized spacial score (nSPS) is 27.4. The molecular formula is C18H29N. The van der Waals surface area contributed by atoms with Crippen LogP contribution in [0.2, 0.25) is 0 Å². The Bertz CT molecular complexity index is 346. The first-order valence-electron chi connectivity index (χ1n) is 8.04. The molecule has 0 radical (unpaired) electrons. The van der Waals surface area contributed by atoms with Crippen LogP contribution in [0.3, 0.4) is 0 Å². The van der Waals surface area contributed by atoms with Crippen molar-refractivity contribution in [1.82, 2.24) is 5.32 Å². The lowest BCUT2D eigenvalue weighted by Crippen LogP contribution is -2.38. The monoisotopic (exact) mass is 259 g/mol. The van der Waals surface area contributed by atoms with E-state index in [9.17, 15) is 0 Å². The Morgan fingerprint density at radius 3 is 2.63 bits per heavy atom. The highest BCUT2D eigenvalue weighted by molar-refractivity contribution is 5.14. The van der Waals surface area contributed by atoms with E-state index in [1.54, 1.807) is 0 Å². The fourth-order valence-corrected chi connectivity index (χ4v) is 3.64. The standard InChI is InChI=1S/C18H29N/c1-3-15-12-13-18(19-2)17(14-15)11-7-10-16-8-5-4-6-9-16/h4-6,8-9,15,17-19H,3,7,10-14H2,1-2H3. The quantitative estimate of drug-likeness (QED) is 0.797. The van der Waals surface area contributed by atoms with E-state index in [1.165, 1.54) is 50.5 Å². The Morgan fingerprint density at radius 1 is 1.16 bits per heavy atom. The van der Waals surface area contributed by atoms with Gasteiger partial charge in [0, 0.05) is 6.04 Å². The minimum atomic E-state index is 0.763. The van der Waals surface area contributed by atoms with Gasteiger partial charge in [-0.15, -0.1) is 0 Å². The van der Waals surface area contributed by atoms with E-state index in [2.05, 4.69) is 49.6 Å². The zero-order chi connectivity index (χ0) is 13.5. The van der Waals surface area contributed by atoms with Crippen LogP contribution in [-0.2, 0) is 6.42 Å². The van der Waals surface area contributed by atoms with Gasteiger partial charge in [-0.3, -0.25) is 0 Å². The first kappa shape index (κ1) is 14.6. The summed E-state index contributed by atoms with van der Waals surface area (Å²) in [6.07, 6.45) is 9.58. The molecule has 1 aromatic rings. The van der Waals surface area contributed by atoms with E-state index in [0.29, 0.717) is 0 Å². The molecule has 1 heteroatoms. The van der Waals surface area contributed by atoms with Crippen LogP contribution in [0, 0.1) is 11.8 Å². The predicted octanol–water partition coefficient (Wildman–Crippen LogP) is 4.42. The molecule has 1 aliphatic rings. The summed E-state index contributed by atoms with van der Waals surface area (Å²) in [4.78, 5) is 0. The molecule has 1 aliphatic carbocycles. The minimum Gasteiger partial charge on any atom is -0.317 e. The zero-order valence-electron chi connectivity index (χ0n) is 12.6. The van der Waals surface area contributed by atoms with Gasteiger partial charge in [0.2, 0.25) is 0 Å². The summed E-state index contributed by atoms with van der Waals surface area (Å²) < 4.78 is 0. The van der Waals surface area contributed by atoms with Gasteiger partial charge in [0.25, 0.3) is 0 Å². The molecule has 3 unspecified atom stereocenters. The fourth-order valence-electron chi connectivity index (χ4n) is 3.64. The second-order valence-electron chi connectivity index (χ2n) is 6.12. The van der Waals surface area contributed by atoms with Crippen LogP contribution in [0.5, 0.6) is 0 Å². The van der Waals surface area contributed by atoms with Crippen molar-refractivity contribution in [2.24, 2.45) is 11.8 Å². The Kier molecular flexibility index (Phi) is 5.91. The third kappa shape index (κ3) is 4.35. The molecule has 19 heavy (non-hydrogen) atoms. The molecule has 0 spiro atoms. The van der Waals surface area contributed by atoms with E-state index >= 15 is 0 Å². The highest BCUT2D eigenvalue weighted by Gasteiger charge is 2.28. The van der Waals surface area contributed by atoms with Crippen LogP contribution in [-0.4, -0.2) is 13.1 Å². The molecule has 0 bridgehead atoms. The van der Waals surface area contributed by atoms with Crippen LogP contribution in [0.15, 0.2) is 30.3 Å². The molecule has 106 valence electrons. The van der Waals surface area contributed by atoms with Gasteiger partial charge in [0.05, 0.1) is 0 Å². The van der Waals surface area contributed by atoms with Crippen molar-refractivity contribution in [2.75, 3.05) is 7.05 Å². The van der Waals surface area contributed by atoms with Crippen molar-refractivity contribution in [3.8, 4) is 0 Å². The first-order valence-corrected chi connectivity index (χ1v) is 8.04. The number of hydrogen-bond acceptors (Lipinski definition) is 1. The number of benzene rings is 1. The summed E-state index contributed by atoms with van der Waals surface area (Å²) in [6.45, 7) is 2.35. The van der Waals surface area contributed by atoms with Gasteiger partial charge in [-0.2, -0.15) is 0 Å². The highest BCUT2D eigenvalue weighted by Crippen LogP contribution is 2.34. The average Bonchev–Trinajstić information content (AvgIpc) is 2.48. The average molecular weight is 259 g/mol. The Hall–Kier alpha value is -0.820. The lowest BCUT2D eigenvalue weighted by molar-refractivity contribution is 0.194. The van der Waals surface area contributed by atoms with Crippen LogP contribution in [0.25, 0.3) is 0 Å². The fraction of sp³-hybridized carbons (Fsp3) is 0.667. The van der Waals surface area contributed by atoms with Crippen molar-refractivity contribution < 1.29 is 0 Å². The van der Waals surface area contributed by atoms with Crippen molar-refractivity contribution in [3.63, 3.8) is 0 Å². The minimum absolute atomic E-state index is 0.763. The van der Waals surface area contributed by atoms with Crippen LogP contribution in [0.1, 0.15) is 51.0 Å². The molecule has 1 N–H and O–H groups in total. The van der Waals surface area contributed by atoms with Crippen LogP contribution in [0.4, 0.5) is 0 Å². The maximum atomic E-state index is 3.55. The van der Waals surface area contributed by atoms with Gasteiger partial charge in [0.15, 0.2) is 0 Å². The SMILES string of the molecule is CCC1CCC(NC)C(CCCc2ccccc2)C1. The van der Waals surface area contributed by atoms with E-state index in [4.69, 9.17) is 0 Å². The van der Waals surface area contributed by atoms with Crippen LogP contribution >= 0.6 is 0 Å². The smallest absolute Gasteiger partial charge is 0.00925 e. The topological polar surface area (TPSA) is 12.0 Å². The van der Waals surface area contributed by atoms with Gasteiger partial charge in [-0.1, -0.05) is 43.7 Å². The van der Waals surface area contributed by atoms with E-state index in [-0.39, 0.29) is 0 Å². The molecular weight excluding hydrogens is 230 g/mol. The largest absolute Gasteiger partial charge is 0.317 e. The molecule has 0 aromatic heterocycles. The molecule has 0 saturated heterocycles. The summed E-state index contributed by atoms with van der Waals surface area (Å²) in [5.74, 6) is 1.87. The van der Waals surface area contributed by atoms with Crippen molar-refractivity contribution in [1.29, 1.82) is 0 Å². The third-order valence-corrected chi connectivity index (χ3v) is 4.92. The second kappa shape index (κ2) is 7.69. The van der Waals surface area contributed by atoms with E-state index in [0.717, 1.165) is 17.9 Å². The number of rotatable bonds is 6. The summed E-state index contributed by atoms with van der Waals surface area (Å²) in [6, 6.07) is 11.7. The van der Waals surface area contributed by atoms with Gasteiger partial charge in [-0.05, 0) is 63.0 Å². The van der Waals surface area contributed by atoms with Gasteiger partial charge in [-0.25, -0.2) is 0 Å². The molecule has 2 rings (SSSR count). The molecule has 0 aliphatic heterocycles. The van der Waals surface area contributed by atoms with E-state index < -0.39 is 0 Å². The Morgan fingerprint density at radius 2 is 1.95 bits per heavy atom. The Labute approximate surface area is 118 Å². The molecule has 3 atom stereocenters. The molecule has 1 aromatic carbocycles. The predicted molar refractivity (Wildman–Crippen MR) is 83.3 cm³/mol.